The summed E-state index contributed by atoms with van der Waals surface area (Å²) in [6.45, 7) is 4.98. The molecular weight excluding hydrogens is 468 g/mol. The highest BCUT2D eigenvalue weighted by Gasteiger charge is 2.33. The third-order valence-corrected chi connectivity index (χ3v) is 7.33. The molecule has 2 heterocycles. The number of para-hydroxylation sites is 2. The number of amidine groups is 1. The molecule has 0 radical (unpaired) electrons. The average Bonchev–Trinajstić information content (AvgIpc) is 3.24. The van der Waals surface area contributed by atoms with Crippen molar-refractivity contribution < 1.29 is 9.59 Å². The number of thioether (sulfide) groups is 1. The Morgan fingerprint density at radius 1 is 0.861 bits per heavy atom. The van der Waals surface area contributed by atoms with E-state index >= 15 is 0 Å². The summed E-state index contributed by atoms with van der Waals surface area (Å²) in [4.78, 5) is 36.9. The SMILES string of the molecule is Cc1ccccc1/C=C1/N=C(SCC(=O)N2CCN(c3ccccc3)CC2)N(c2ccccc2)C1=O. The maximum atomic E-state index is 13.4. The second-order valence-corrected chi connectivity index (χ2v) is 9.69. The van der Waals surface area contributed by atoms with Gasteiger partial charge in [0.2, 0.25) is 5.91 Å². The van der Waals surface area contributed by atoms with Crippen molar-refractivity contribution in [2.75, 3.05) is 41.7 Å². The molecule has 1 fully saturated rings. The van der Waals surface area contributed by atoms with Crippen molar-refractivity contribution in [2.24, 2.45) is 4.99 Å². The van der Waals surface area contributed by atoms with E-state index in [1.807, 2.05) is 90.7 Å². The fourth-order valence-corrected chi connectivity index (χ4v) is 5.28. The largest absolute Gasteiger partial charge is 0.368 e. The van der Waals surface area contributed by atoms with Crippen LogP contribution in [0.3, 0.4) is 0 Å². The highest BCUT2D eigenvalue weighted by molar-refractivity contribution is 8.14. The molecule has 5 rings (SSSR count). The Balaban J connectivity index is 1.29. The molecule has 1 saturated heterocycles. The lowest BCUT2D eigenvalue weighted by Gasteiger charge is -2.36. The Bertz CT molecular complexity index is 1300. The van der Waals surface area contributed by atoms with Gasteiger partial charge < -0.3 is 9.80 Å². The van der Waals surface area contributed by atoms with E-state index in [4.69, 9.17) is 0 Å². The van der Waals surface area contributed by atoms with Crippen LogP contribution in [0.1, 0.15) is 11.1 Å². The Labute approximate surface area is 215 Å². The molecule has 6 nitrogen and oxygen atoms in total. The number of anilines is 2. The van der Waals surface area contributed by atoms with Crippen LogP contribution in [0.25, 0.3) is 6.08 Å². The average molecular weight is 497 g/mol. The van der Waals surface area contributed by atoms with Crippen molar-refractivity contribution in [3.05, 3.63) is 102 Å². The summed E-state index contributed by atoms with van der Waals surface area (Å²) in [5.74, 6) is 0.112. The van der Waals surface area contributed by atoms with E-state index in [1.54, 1.807) is 4.90 Å². The molecule has 2 aliphatic heterocycles. The number of carbonyl (C=O) groups is 2. The van der Waals surface area contributed by atoms with Crippen LogP contribution in [0.4, 0.5) is 11.4 Å². The van der Waals surface area contributed by atoms with Crippen LogP contribution in [-0.2, 0) is 9.59 Å². The summed E-state index contributed by atoms with van der Waals surface area (Å²) in [6.07, 6.45) is 1.83. The molecule has 0 aromatic heterocycles. The first-order valence-corrected chi connectivity index (χ1v) is 13.0. The third-order valence-electron chi connectivity index (χ3n) is 6.40. The quantitative estimate of drug-likeness (QED) is 0.475. The number of amides is 2. The van der Waals surface area contributed by atoms with Gasteiger partial charge in [0, 0.05) is 31.9 Å². The Hall–Kier alpha value is -3.84. The van der Waals surface area contributed by atoms with E-state index in [0.29, 0.717) is 24.0 Å². The van der Waals surface area contributed by atoms with Crippen molar-refractivity contribution in [1.29, 1.82) is 0 Å². The maximum absolute atomic E-state index is 13.4. The van der Waals surface area contributed by atoms with E-state index in [9.17, 15) is 9.59 Å². The lowest BCUT2D eigenvalue weighted by atomic mass is 10.1. The van der Waals surface area contributed by atoms with Gasteiger partial charge in [-0.1, -0.05) is 72.4 Å². The highest BCUT2D eigenvalue weighted by Crippen LogP contribution is 2.30. The number of rotatable bonds is 5. The zero-order valence-corrected chi connectivity index (χ0v) is 21.0. The van der Waals surface area contributed by atoms with Gasteiger partial charge >= 0.3 is 0 Å². The lowest BCUT2D eigenvalue weighted by molar-refractivity contribution is -0.128. The first-order chi connectivity index (χ1) is 17.6. The highest BCUT2D eigenvalue weighted by atomic mass is 32.2. The second-order valence-electron chi connectivity index (χ2n) is 8.75. The Morgan fingerprint density at radius 3 is 2.14 bits per heavy atom. The number of hydrogen-bond donors (Lipinski definition) is 0. The van der Waals surface area contributed by atoms with Crippen LogP contribution in [0, 0.1) is 6.92 Å². The number of aryl methyl sites for hydroxylation is 1. The molecule has 0 atom stereocenters. The maximum Gasteiger partial charge on any atom is 0.283 e. The minimum absolute atomic E-state index is 0.0622. The summed E-state index contributed by atoms with van der Waals surface area (Å²) in [5, 5.41) is 0.530. The first-order valence-electron chi connectivity index (χ1n) is 12.1. The van der Waals surface area contributed by atoms with E-state index in [1.165, 1.54) is 17.4 Å². The Morgan fingerprint density at radius 2 is 1.47 bits per heavy atom. The minimum Gasteiger partial charge on any atom is -0.368 e. The predicted octanol–water partition coefficient (Wildman–Crippen LogP) is 4.82. The number of benzene rings is 3. The van der Waals surface area contributed by atoms with Crippen molar-refractivity contribution in [3.63, 3.8) is 0 Å². The molecule has 3 aromatic rings. The number of nitrogens with zero attached hydrogens (tertiary/aromatic N) is 4. The summed E-state index contributed by atoms with van der Waals surface area (Å²) < 4.78 is 0. The molecule has 0 N–H and O–H groups in total. The van der Waals surface area contributed by atoms with Crippen LogP contribution in [0.5, 0.6) is 0 Å². The number of aliphatic imine (C=N–C) groups is 1. The van der Waals surface area contributed by atoms with Gasteiger partial charge in [-0.15, -0.1) is 0 Å². The molecule has 36 heavy (non-hydrogen) atoms. The summed E-state index contributed by atoms with van der Waals surface area (Å²) >= 11 is 1.32. The second kappa shape index (κ2) is 10.8. The van der Waals surface area contributed by atoms with Crippen molar-refractivity contribution >= 4 is 46.2 Å². The molecule has 2 amide bonds. The van der Waals surface area contributed by atoms with Gasteiger partial charge in [0.25, 0.3) is 5.91 Å². The van der Waals surface area contributed by atoms with Crippen LogP contribution >= 0.6 is 11.8 Å². The van der Waals surface area contributed by atoms with Gasteiger partial charge in [0.1, 0.15) is 5.70 Å². The van der Waals surface area contributed by atoms with Gasteiger partial charge in [0.15, 0.2) is 5.17 Å². The molecule has 3 aromatic carbocycles. The molecule has 0 bridgehead atoms. The lowest BCUT2D eigenvalue weighted by Crippen LogP contribution is -2.49. The summed E-state index contributed by atoms with van der Waals surface area (Å²) in [5.41, 5.74) is 4.33. The number of carbonyl (C=O) groups excluding carboxylic acids is 2. The zero-order valence-electron chi connectivity index (χ0n) is 20.2. The molecule has 182 valence electrons. The zero-order chi connectivity index (χ0) is 24.9. The summed E-state index contributed by atoms with van der Waals surface area (Å²) in [7, 11) is 0. The standard InChI is InChI=1S/C29H28N4O2S/c1-22-10-8-9-11-23(22)20-26-28(35)33(25-14-6-3-7-15-25)29(30-26)36-21-27(34)32-18-16-31(17-19-32)24-12-4-2-5-13-24/h2-15,20H,16-19,21H2,1H3/b26-20+. The molecule has 0 unspecified atom stereocenters. The smallest absolute Gasteiger partial charge is 0.283 e. The van der Waals surface area contributed by atoms with E-state index < -0.39 is 0 Å². The first kappa shape index (κ1) is 23.9. The van der Waals surface area contributed by atoms with E-state index in [0.717, 1.165) is 29.9 Å². The predicted molar refractivity (Wildman–Crippen MR) is 148 cm³/mol. The van der Waals surface area contributed by atoms with Crippen LogP contribution in [0.2, 0.25) is 0 Å². The van der Waals surface area contributed by atoms with Gasteiger partial charge in [0.05, 0.1) is 11.4 Å². The van der Waals surface area contributed by atoms with Gasteiger partial charge in [-0.2, -0.15) is 0 Å². The molecule has 0 saturated carbocycles. The number of hydrogen-bond acceptors (Lipinski definition) is 5. The van der Waals surface area contributed by atoms with E-state index in [2.05, 4.69) is 22.0 Å². The van der Waals surface area contributed by atoms with Gasteiger partial charge in [-0.05, 0) is 48.4 Å². The molecule has 7 heteroatoms. The minimum atomic E-state index is -0.184. The van der Waals surface area contributed by atoms with Crippen molar-refractivity contribution in [3.8, 4) is 0 Å². The van der Waals surface area contributed by atoms with Crippen molar-refractivity contribution in [1.82, 2.24) is 4.90 Å². The normalized spacial score (nSPS) is 17.0. The monoisotopic (exact) mass is 496 g/mol. The van der Waals surface area contributed by atoms with Crippen LogP contribution in [0.15, 0.2) is 95.6 Å². The molecule has 0 spiro atoms. The van der Waals surface area contributed by atoms with Gasteiger partial charge in [-0.25, -0.2) is 4.99 Å². The molecule has 0 aliphatic carbocycles. The van der Waals surface area contributed by atoms with E-state index in [-0.39, 0.29) is 17.6 Å². The fraction of sp³-hybridized carbons (Fsp3) is 0.207. The third kappa shape index (κ3) is 5.21. The van der Waals surface area contributed by atoms with Crippen molar-refractivity contribution in [2.45, 2.75) is 6.92 Å². The van der Waals surface area contributed by atoms with Crippen LogP contribution < -0.4 is 9.80 Å². The Kier molecular flexibility index (Phi) is 7.18. The molecular formula is C29H28N4O2S. The summed E-state index contributed by atoms with van der Waals surface area (Å²) in [6, 6.07) is 27.7. The topological polar surface area (TPSA) is 56.2 Å². The number of piperazine rings is 1. The van der Waals surface area contributed by atoms with Gasteiger partial charge in [-0.3, -0.25) is 14.5 Å². The fourth-order valence-electron chi connectivity index (χ4n) is 4.36. The molecule has 2 aliphatic rings. The van der Waals surface area contributed by atoms with Crippen LogP contribution in [-0.4, -0.2) is 53.8 Å².